The second kappa shape index (κ2) is 8.03. The Balaban J connectivity index is 2.20. The van der Waals surface area contributed by atoms with Crippen LogP contribution in [0.1, 0.15) is 67.7 Å². The Bertz CT molecular complexity index is 984. The van der Waals surface area contributed by atoms with Crippen molar-refractivity contribution in [2.45, 2.75) is 74.7 Å². The van der Waals surface area contributed by atoms with Crippen LogP contribution < -0.4 is 10.5 Å². The molecule has 2 aromatic rings. The molecule has 6 heteroatoms. The van der Waals surface area contributed by atoms with E-state index in [4.69, 9.17) is 17.3 Å². The number of hydrogen-bond acceptors (Lipinski definition) is 3. The summed E-state index contributed by atoms with van der Waals surface area (Å²) in [6.45, 7) is 8.18. The lowest BCUT2D eigenvalue weighted by Crippen LogP contribution is -2.65. The first-order valence-electron chi connectivity index (χ1n) is 10.2. The summed E-state index contributed by atoms with van der Waals surface area (Å²) in [6, 6.07) is 13.0. The van der Waals surface area contributed by atoms with Gasteiger partial charge in [-0.15, -0.1) is 0 Å². The van der Waals surface area contributed by atoms with Crippen LogP contribution in [0.3, 0.4) is 0 Å². The van der Waals surface area contributed by atoms with Crippen LogP contribution >= 0.6 is 11.6 Å². The minimum Gasteiger partial charge on any atom is -0.311 e. The Morgan fingerprint density at radius 1 is 1.00 bits per heavy atom. The van der Waals surface area contributed by atoms with E-state index in [2.05, 4.69) is 24.6 Å². The van der Waals surface area contributed by atoms with Crippen LogP contribution in [0.15, 0.2) is 47.4 Å². The molecule has 1 aliphatic rings. The molecule has 1 aliphatic carbocycles. The van der Waals surface area contributed by atoms with Gasteiger partial charge in [-0.25, -0.2) is 8.42 Å². The molecule has 2 aromatic carbocycles. The number of nitrogens with two attached hydrogens (primary N) is 1. The summed E-state index contributed by atoms with van der Waals surface area (Å²) in [4.78, 5) is -0.999. The molecule has 0 heterocycles. The molecule has 0 aliphatic heterocycles. The molecule has 0 radical (unpaired) electrons. The second-order valence-corrected chi connectivity index (χ2v) is 11.0. The van der Waals surface area contributed by atoms with Gasteiger partial charge in [0.25, 0.3) is 0 Å². The van der Waals surface area contributed by atoms with Gasteiger partial charge in [-0.05, 0) is 55.9 Å². The van der Waals surface area contributed by atoms with E-state index in [-0.39, 0.29) is 10.8 Å². The molecule has 2 atom stereocenters. The first-order chi connectivity index (χ1) is 13.5. The zero-order chi connectivity index (χ0) is 21.4. The van der Waals surface area contributed by atoms with Gasteiger partial charge in [0, 0.05) is 0 Å². The number of halogens is 1. The van der Waals surface area contributed by atoms with Gasteiger partial charge in [-0.3, -0.25) is 0 Å². The van der Waals surface area contributed by atoms with E-state index >= 15 is 0 Å². The topological polar surface area (TPSA) is 72.2 Å². The molecule has 158 valence electrons. The minimum absolute atomic E-state index is 0.208. The molecule has 1 saturated carbocycles. The standard InChI is InChI=1S/C23H31ClN2O2S/c1-16(2)20-15-18(4)9-12-21(20)22(13-5-6-14-23(22,24)25)26-29(27,28)19-10-7-17(3)8-11-19/h7-12,15-16,26H,5-6,13-14,25H2,1-4H3/t22-,23+/m0/s1. The summed E-state index contributed by atoms with van der Waals surface area (Å²) < 4.78 is 29.8. The molecule has 0 spiro atoms. The average molecular weight is 435 g/mol. The fourth-order valence-electron chi connectivity index (χ4n) is 4.30. The lowest BCUT2D eigenvalue weighted by molar-refractivity contribution is 0.197. The molecule has 3 N–H and O–H groups in total. The van der Waals surface area contributed by atoms with E-state index in [0.29, 0.717) is 12.8 Å². The van der Waals surface area contributed by atoms with Gasteiger partial charge in [0.15, 0.2) is 0 Å². The van der Waals surface area contributed by atoms with Crippen molar-refractivity contribution in [3.05, 3.63) is 64.7 Å². The predicted octanol–water partition coefficient (Wildman–Crippen LogP) is 5.07. The third-order valence-corrected chi connectivity index (χ3v) is 8.00. The first kappa shape index (κ1) is 22.3. The van der Waals surface area contributed by atoms with Gasteiger partial charge in [-0.1, -0.05) is 79.7 Å². The maximum atomic E-state index is 13.4. The van der Waals surface area contributed by atoms with Gasteiger partial charge in [0.1, 0.15) is 5.00 Å². The fraction of sp³-hybridized carbons (Fsp3) is 0.478. The molecule has 29 heavy (non-hydrogen) atoms. The zero-order valence-corrected chi connectivity index (χ0v) is 19.2. The number of aryl methyl sites for hydroxylation is 2. The Morgan fingerprint density at radius 2 is 1.59 bits per heavy atom. The summed E-state index contributed by atoms with van der Waals surface area (Å²) in [5.41, 5.74) is 9.65. The van der Waals surface area contributed by atoms with Crippen molar-refractivity contribution in [2.24, 2.45) is 5.73 Å². The molecule has 3 rings (SSSR count). The number of alkyl halides is 1. The molecule has 1 fully saturated rings. The van der Waals surface area contributed by atoms with Gasteiger partial charge < -0.3 is 5.73 Å². The molecule has 0 bridgehead atoms. The van der Waals surface area contributed by atoms with Gasteiger partial charge in [-0.2, -0.15) is 4.72 Å². The van der Waals surface area contributed by atoms with Crippen molar-refractivity contribution in [3.63, 3.8) is 0 Å². The molecular weight excluding hydrogens is 404 g/mol. The third-order valence-electron chi connectivity index (χ3n) is 5.98. The Labute approximate surface area is 179 Å². The lowest BCUT2D eigenvalue weighted by atomic mass is 9.70. The number of nitrogens with one attached hydrogen (secondary N) is 1. The number of hydrogen-bond donors (Lipinski definition) is 2. The summed E-state index contributed by atoms with van der Waals surface area (Å²) in [5, 5.41) is 0. The molecule has 0 unspecified atom stereocenters. The summed E-state index contributed by atoms with van der Waals surface area (Å²) in [7, 11) is -3.82. The van der Waals surface area contributed by atoms with Gasteiger partial charge in [0.2, 0.25) is 10.0 Å². The van der Waals surface area contributed by atoms with Crippen LogP contribution in [-0.4, -0.2) is 13.4 Å². The molecule has 0 saturated heterocycles. The van der Waals surface area contributed by atoms with Crippen molar-refractivity contribution in [2.75, 3.05) is 0 Å². The highest BCUT2D eigenvalue weighted by atomic mass is 35.5. The van der Waals surface area contributed by atoms with Gasteiger partial charge in [0.05, 0.1) is 10.4 Å². The predicted molar refractivity (Wildman–Crippen MR) is 120 cm³/mol. The highest BCUT2D eigenvalue weighted by molar-refractivity contribution is 7.89. The summed E-state index contributed by atoms with van der Waals surface area (Å²) in [5.74, 6) is 0.208. The molecular formula is C23H31ClN2O2S. The quantitative estimate of drug-likeness (QED) is 0.509. The monoisotopic (exact) mass is 434 g/mol. The number of benzene rings is 2. The number of rotatable bonds is 5. The maximum absolute atomic E-state index is 13.4. The van der Waals surface area contributed by atoms with Crippen LogP contribution in [0.2, 0.25) is 0 Å². The van der Waals surface area contributed by atoms with E-state index in [1.807, 2.05) is 26.0 Å². The second-order valence-electron chi connectivity index (χ2n) is 8.64. The van der Waals surface area contributed by atoms with Crippen LogP contribution in [0.25, 0.3) is 0 Å². The van der Waals surface area contributed by atoms with Crippen LogP contribution in [0, 0.1) is 13.8 Å². The zero-order valence-electron chi connectivity index (χ0n) is 17.6. The first-order valence-corrected chi connectivity index (χ1v) is 12.0. The lowest BCUT2D eigenvalue weighted by Gasteiger charge is -2.49. The Kier molecular flexibility index (Phi) is 6.17. The van der Waals surface area contributed by atoms with Crippen molar-refractivity contribution in [1.29, 1.82) is 0 Å². The summed E-state index contributed by atoms with van der Waals surface area (Å²) in [6.07, 6.45) is 2.82. The summed E-state index contributed by atoms with van der Waals surface area (Å²) >= 11 is 6.92. The molecule has 0 aromatic heterocycles. The van der Waals surface area contributed by atoms with E-state index < -0.39 is 20.6 Å². The SMILES string of the molecule is Cc1ccc(S(=O)(=O)N[C@]2(c3ccc(C)cc3C(C)C)CCCC[C@]2(N)Cl)cc1. The van der Waals surface area contributed by atoms with E-state index in [1.165, 1.54) is 0 Å². The van der Waals surface area contributed by atoms with E-state index in [1.54, 1.807) is 24.3 Å². The largest absolute Gasteiger partial charge is 0.311 e. The number of sulfonamides is 1. The van der Waals surface area contributed by atoms with Crippen molar-refractivity contribution in [1.82, 2.24) is 4.72 Å². The molecule has 4 nitrogen and oxygen atoms in total. The Morgan fingerprint density at radius 3 is 2.17 bits per heavy atom. The highest BCUT2D eigenvalue weighted by Gasteiger charge is 2.53. The van der Waals surface area contributed by atoms with Gasteiger partial charge >= 0.3 is 0 Å². The smallest absolute Gasteiger partial charge is 0.241 e. The normalized spacial score (nSPS) is 25.3. The maximum Gasteiger partial charge on any atom is 0.241 e. The van der Waals surface area contributed by atoms with E-state index in [0.717, 1.165) is 35.1 Å². The van der Waals surface area contributed by atoms with Crippen LogP contribution in [0.5, 0.6) is 0 Å². The van der Waals surface area contributed by atoms with Crippen molar-refractivity contribution < 1.29 is 8.42 Å². The highest BCUT2D eigenvalue weighted by Crippen LogP contribution is 2.48. The van der Waals surface area contributed by atoms with Crippen molar-refractivity contribution in [3.8, 4) is 0 Å². The fourth-order valence-corrected chi connectivity index (χ4v) is 6.20. The molecule has 0 amide bonds. The minimum atomic E-state index is -3.82. The van der Waals surface area contributed by atoms with Crippen molar-refractivity contribution >= 4 is 21.6 Å². The Hall–Kier alpha value is -1.40. The van der Waals surface area contributed by atoms with Crippen LogP contribution in [0.4, 0.5) is 0 Å². The van der Waals surface area contributed by atoms with Crippen LogP contribution in [-0.2, 0) is 15.6 Å². The average Bonchev–Trinajstić information content (AvgIpc) is 2.63. The third kappa shape index (κ3) is 4.24. The van der Waals surface area contributed by atoms with E-state index in [9.17, 15) is 8.42 Å².